The first-order chi connectivity index (χ1) is 9.70. The SMILES string of the molecule is O=C(O)C1CC2(c3cccc4ccccc34)C=CC1C2. The van der Waals surface area contributed by atoms with E-state index in [9.17, 15) is 9.90 Å². The molecule has 2 heteroatoms. The van der Waals surface area contributed by atoms with Crippen LogP contribution in [-0.2, 0) is 10.2 Å². The maximum atomic E-state index is 11.4. The molecule has 2 aliphatic carbocycles. The van der Waals surface area contributed by atoms with Crippen molar-refractivity contribution in [2.45, 2.75) is 18.3 Å². The van der Waals surface area contributed by atoms with Crippen molar-refractivity contribution in [1.82, 2.24) is 0 Å². The number of hydrogen-bond donors (Lipinski definition) is 1. The number of aliphatic carboxylic acids is 1. The Labute approximate surface area is 117 Å². The van der Waals surface area contributed by atoms with E-state index in [1.807, 2.05) is 6.07 Å². The standard InChI is InChI=1S/C18H16O2/c19-17(20)15-11-18(9-8-13(15)10-18)16-7-3-5-12-4-1-2-6-14(12)16/h1-9,13,15H,10-11H2,(H,19,20). The van der Waals surface area contributed by atoms with Crippen LogP contribution in [0.15, 0.2) is 54.6 Å². The smallest absolute Gasteiger partial charge is 0.307 e. The van der Waals surface area contributed by atoms with Gasteiger partial charge in [0.25, 0.3) is 0 Å². The average molecular weight is 264 g/mol. The summed E-state index contributed by atoms with van der Waals surface area (Å²) in [7, 11) is 0. The largest absolute Gasteiger partial charge is 0.481 e. The maximum Gasteiger partial charge on any atom is 0.307 e. The van der Waals surface area contributed by atoms with Gasteiger partial charge in [-0.2, -0.15) is 0 Å². The van der Waals surface area contributed by atoms with Gasteiger partial charge in [-0.3, -0.25) is 4.79 Å². The lowest BCUT2D eigenvalue weighted by molar-refractivity contribution is -0.142. The van der Waals surface area contributed by atoms with Crippen molar-refractivity contribution in [3.05, 3.63) is 60.2 Å². The minimum atomic E-state index is -0.651. The van der Waals surface area contributed by atoms with E-state index in [0.29, 0.717) is 0 Å². The number of allylic oxidation sites excluding steroid dienone is 2. The fourth-order valence-electron chi connectivity index (χ4n) is 4.08. The highest BCUT2D eigenvalue weighted by atomic mass is 16.4. The molecule has 0 heterocycles. The van der Waals surface area contributed by atoms with Crippen molar-refractivity contribution in [2.75, 3.05) is 0 Å². The molecule has 100 valence electrons. The summed E-state index contributed by atoms with van der Waals surface area (Å²) in [4.78, 5) is 11.4. The van der Waals surface area contributed by atoms with Crippen molar-refractivity contribution in [3.8, 4) is 0 Å². The second-order valence-corrected chi connectivity index (χ2v) is 6.06. The Hall–Kier alpha value is -2.09. The van der Waals surface area contributed by atoms with Crippen LogP contribution in [0.1, 0.15) is 18.4 Å². The van der Waals surface area contributed by atoms with E-state index in [1.54, 1.807) is 0 Å². The fraction of sp³-hybridized carbons (Fsp3) is 0.278. The van der Waals surface area contributed by atoms with Gasteiger partial charge in [0.2, 0.25) is 0 Å². The highest BCUT2D eigenvalue weighted by Crippen LogP contribution is 2.55. The molecule has 2 nitrogen and oxygen atoms in total. The van der Waals surface area contributed by atoms with Crippen LogP contribution >= 0.6 is 0 Å². The van der Waals surface area contributed by atoms with Crippen molar-refractivity contribution in [3.63, 3.8) is 0 Å². The zero-order valence-corrected chi connectivity index (χ0v) is 11.1. The maximum absolute atomic E-state index is 11.4. The predicted octanol–water partition coefficient (Wildman–Crippen LogP) is 3.76. The number of fused-ring (bicyclic) bond motifs is 3. The summed E-state index contributed by atoms with van der Waals surface area (Å²) in [6.07, 6.45) is 6.04. The molecule has 0 aromatic heterocycles. The third-order valence-corrected chi connectivity index (χ3v) is 5.01. The van der Waals surface area contributed by atoms with E-state index in [0.717, 1.165) is 12.8 Å². The number of rotatable bonds is 2. The lowest BCUT2D eigenvalue weighted by Gasteiger charge is -2.27. The molecule has 2 bridgehead atoms. The Morgan fingerprint density at radius 1 is 1.10 bits per heavy atom. The van der Waals surface area contributed by atoms with Crippen LogP contribution in [0.2, 0.25) is 0 Å². The molecule has 0 radical (unpaired) electrons. The molecule has 0 spiro atoms. The van der Waals surface area contributed by atoms with Crippen molar-refractivity contribution < 1.29 is 9.90 Å². The molecule has 0 amide bonds. The minimum Gasteiger partial charge on any atom is -0.481 e. The van der Waals surface area contributed by atoms with Crippen LogP contribution < -0.4 is 0 Å². The van der Waals surface area contributed by atoms with Crippen molar-refractivity contribution in [1.29, 1.82) is 0 Å². The molecule has 2 aromatic carbocycles. The molecule has 0 aliphatic heterocycles. The van der Waals surface area contributed by atoms with Crippen LogP contribution in [0.5, 0.6) is 0 Å². The fourth-order valence-corrected chi connectivity index (χ4v) is 4.08. The van der Waals surface area contributed by atoms with E-state index in [1.165, 1.54) is 16.3 Å². The van der Waals surface area contributed by atoms with Gasteiger partial charge in [-0.15, -0.1) is 0 Å². The topological polar surface area (TPSA) is 37.3 Å². The van der Waals surface area contributed by atoms with Crippen LogP contribution in [0.25, 0.3) is 10.8 Å². The van der Waals surface area contributed by atoms with E-state index in [4.69, 9.17) is 0 Å². The lowest BCUT2D eigenvalue weighted by Crippen LogP contribution is -2.23. The van der Waals surface area contributed by atoms with Gasteiger partial charge in [-0.1, -0.05) is 54.6 Å². The average Bonchev–Trinajstić information content (AvgIpc) is 3.06. The number of carboxylic acid groups (broad SMARTS) is 1. The van der Waals surface area contributed by atoms with Gasteiger partial charge in [0, 0.05) is 5.41 Å². The Morgan fingerprint density at radius 3 is 2.70 bits per heavy atom. The minimum absolute atomic E-state index is 0.0748. The third-order valence-electron chi connectivity index (χ3n) is 5.01. The van der Waals surface area contributed by atoms with Gasteiger partial charge in [0.1, 0.15) is 0 Å². The first-order valence-corrected chi connectivity index (χ1v) is 7.10. The molecule has 3 unspecified atom stereocenters. The lowest BCUT2D eigenvalue weighted by atomic mass is 9.76. The van der Waals surface area contributed by atoms with Crippen LogP contribution in [0.3, 0.4) is 0 Å². The summed E-state index contributed by atoms with van der Waals surface area (Å²) in [6.45, 7) is 0. The summed E-state index contributed by atoms with van der Waals surface area (Å²) >= 11 is 0. The summed E-state index contributed by atoms with van der Waals surface area (Å²) in [5.41, 5.74) is 1.22. The van der Waals surface area contributed by atoms with Gasteiger partial charge < -0.3 is 5.11 Å². The first kappa shape index (κ1) is 11.7. The second kappa shape index (κ2) is 3.95. The zero-order chi connectivity index (χ0) is 13.7. The molecule has 2 aliphatic rings. The van der Waals surface area contributed by atoms with Gasteiger partial charge in [0.05, 0.1) is 5.92 Å². The highest BCUT2D eigenvalue weighted by molar-refractivity contribution is 5.87. The molecule has 4 rings (SSSR count). The van der Waals surface area contributed by atoms with Crippen LogP contribution in [0, 0.1) is 11.8 Å². The molecular weight excluding hydrogens is 248 g/mol. The van der Waals surface area contributed by atoms with E-state index in [2.05, 4.69) is 48.6 Å². The van der Waals surface area contributed by atoms with Crippen LogP contribution in [-0.4, -0.2) is 11.1 Å². The zero-order valence-electron chi connectivity index (χ0n) is 11.1. The van der Waals surface area contributed by atoms with E-state index in [-0.39, 0.29) is 17.3 Å². The second-order valence-electron chi connectivity index (χ2n) is 6.06. The van der Waals surface area contributed by atoms with Gasteiger partial charge in [-0.25, -0.2) is 0 Å². The molecule has 1 saturated carbocycles. The molecular formula is C18H16O2. The predicted molar refractivity (Wildman–Crippen MR) is 78.6 cm³/mol. The molecule has 1 N–H and O–H groups in total. The highest BCUT2D eigenvalue weighted by Gasteiger charge is 2.50. The summed E-state index contributed by atoms with van der Waals surface area (Å²) in [6, 6.07) is 14.7. The number of hydrogen-bond acceptors (Lipinski definition) is 1. The monoisotopic (exact) mass is 264 g/mol. The Morgan fingerprint density at radius 2 is 1.90 bits per heavy atom. The van der Waals surface area contributed by atoms with E-state index < -0.39 is 5.97 Å². The number of carboxylic acids is 1. The third kappa shape index (κ3) is 1.48. The first-order valence-electron chi connectivity index (χ1n) is 7.10. The van der Waals surface area contributed by atoms with E-state index >= 15 is 0 Å². The normalized spacial score (nSPS) is 31.0. The van der Waals surface area contributed by atoms with Gasteiger partial charge >= 0.3 is 5.97 Å². The number of carbonyl (C=O) groups is 1. The molecule has 20 heavy (non-hydrogen) atoms. The Bertz CT molecular complexity index is 726. The quantitative estimate of drug-likeness (QED) is 0.839. The molecule has 1 fully saturated rings. The Kier molecular flexibility index (Phi) is 2.31. The van der Waals surface area contributed by atoms with Crippen molar-refractivity contribution in [2.24, 2.45) is 11.8 Å². The Balaban J connectivity index is 1.89. The van der Waals surface area contributed by atoms with Gasteiger partial charge in [-0.05, 0) is 35.1 Å². The molecule has 2 aromatic rings. The number of benzene rings is 2. The van der Waals surface area contributed by atoms with Gasteiger partial charge in [0.15, 0.2) is 0 Å². The van der Waals surface area contributed by atoms with Crippen LogP contribution in [0.4, 0.5) is 0 Å². The van der Waals surface area contributed by atoms with Crippen molar-refractivity contribution >= 4 is 16.7 Å². The molecule has 0 saturated heterocycles. The summed E-state index contributed by atoms with van der Waals surface area (Å²) in [5.74, 6) is -0.674. The summed E-state index contributed by atoms with van der Waals surface area (Å²) in [5, 5.41) is 11.9. The summed E-state index contributed by atoms with van der Waals surface area (Å²) < 4.78 is 0. The molecule has 3 atom stereocenters.